The van der Waals surface area contributed by atoms with Crippen LogP contribution in [0, 0.1) is 12.7 Å². The van der Waals surface area contributed by atoms with Crippen LogP contribution in [0.4, 0.5) is 4.39 Å². The van der Waals surface area contributed by atoms with Gasteiger partial charge in [-0.25, -0.2) is 13.9 Å². The molecule has 0 radical (unpaired) electrons. The maximum atomic E-state index is 14.1. The Morgan fingerprint density at radius 1 is 1.25 bits per heavy atom. The molecule has 5 nitrogen and oxygen atoms in total. The molecule has 0 aliphatic heterocycles. The van der Waals surface area contributed by atoms with Crippen molar-refractivity contribution in [2.45, 2.75) is 13.5 Å². The molecule has 0 unspecified atom stereocenters. The van der Waals surface area contributed by atoms with Crippen molar-refractivity contribution < 1.29 is 14.3 Å². The molecule has 0 amide bonds. The normalized spacial score (nSPS) is 10.8. The highest BCUT2D eigenvalue weighted by molar-refractivity contribution is 9.10. The monoisotopic (exact) mass is 389 g/mol. The number of halogens is 2. The second kappa shape index (κ2) is 6.52. The second-order valence-electron chi connectivity index (χ2n) is 5.35. The van der Waals surface area contributed by atoms with Gasteiger partial charge in [0, 0.05) is 15.6 Å². The third-order valence-electron chi connectivity index (χ3n) is 3.60. The van der Waals surface area contributed by atoms with Crippen LogP contribution in [0.2, 0.25) is 0 Å². The van der Waals surface area contributed by atoms with Gasteiger partial charge in [0.15, 0.2) is 5.69 Å². The molecule has 1 heterocycles. The number of aromatic carboxylic acids is 1. The van der Waals surface area contributed by atoms with Crippen LogP contribution in [0.5, 0.6) is 0 Å². The third-order valence-corrected chi connectivity index (χ3v) is 4.09. The van der Waals surface area contributed by atoms with Crippen LogP contribution >= 0.6 is 15.9 Å². The summed E-state index contributed by atoms with van der Waals surface area (Å²) in [4.78, 5) is 11.4. The Hall–Kier alpha value is -2.54. The number of benzene rings is 2. The fourth-order valence-electron chi connectivity index (χ4n) is 2.38. The van der Waals surface area contributed by atoms with Gasteiger partial charge < -0.3 is 5.11 Å². The minimum atomic E-state index is -1.17. The van der Waals surface area contributed by atoms with Crippen molar-refractivity contribution in [3.05, 3.63) is 69.6 Å². The molecular weight excluding hydrogens is 377 g/mol. The first kappa shape index (κ1) is 16.3. The number of nitrogens with zero attached hydrogens (tertiary/aromatic N) is 3. The number of aromatic nitrogens is 3. The molecule has 3 rings (SSSR count). The van der Waals surface area contributed by atoms with Crippen LogP contribution in [-0.2, 0) is 6.54 Å². The minimum absolute atomic E-state index is 0.0859. The zero-order valence-corrected chi connectivity index (χ0v) is 14.3. The average molecular weight is 390 g/mol. The van der Waals surface area contributed by atoms with Crippen molar-refractivity contribution in [2.24, 2.45) is 0 Å². The quantitative estimate of drug-likeness (QED) is 0.734. The number of hydrogen-bond acceptors (Lipinski definition) is 3. The van der Waals surface area contributed by atoms with Gasteiger partial charge in [-0.2, -0.15) is 0 Å². The van der Waals surface area contributed by atoms with Crippen LogP contribution in [0.3, 0.4) is 0 Å². The van der Waals surface area contributed by atoms with E-state index in [1.54, 1.807) is 24.3 Å². The standard InChI is InChI=1S/C17H13BrFN3O2/c1-10-2-4-11(5-3-10)16-15(17(23)24)20-21-22(16)9-12-6-7-13(18)8-14(12)19/h2-8H,9H2,1H3,(H,23,24). The first-order valence-electron chi connectivity index (χ1n) is 7.13. The number of rotatable bonds is 4. The van der Waals surface area contributed by atoms with Crippen LogP contribution in [0.15, 0.2) is 46.9 Å². The van der Waals surface area contributed by atoms with Crippen molar-refractivity contribution in [3.63, 3.8) is 0 Å². The minimum Gasteiger partial charge on any atom is -0.476 e. The number of carboxylic acids is 1. The number of carboxylic acid groups (broad SMARTS) is 1. The van der Waals surface area contributed by atoms with Gasteiger partial charge in [0.05, 0.1) is 6.54 Å². The SMILES string of the molecule is Cc1ccc(-c2c(C(=O)O)nnn2Cc2ccc(Br)cc2F)cc1. The summed E-state index contributed by atoms with van der Waals surface area (Å²) < 4.78 is 16.1. The van der Waals surface area contributed by atoms with Crippen molar-refractivity contribution >= 4 is 21.9 Å². The lowest BCUT2D eigenvalue weighted by atomic mass is 10.1. The molecule has 0 aliphatic rings. The first-order valence-corrected chi connectivity index (χ1v) is 7.93. The summed E-state index contributed by atoms with van der Waals surface area (Å²) in [6.07, 6.45) is 0. The molecule has 0 fully saturated rings. The fraction of sp³-hybridized carbons (Fsp3) is 0.118. The molecule has 0 atom stereocenters. The number of aryl methyl sites for hydroxylation is 1. The maximum Gasteiger partial charge on any atom is 0.358 e. The molecule has 2 aromatic carbocycles. The highest BCUT2D eigenvalue weighted by Gasteiger charge is 2.21. The molecule has 0 spiro atoms. The molecule has 24 heavy (non-hydrogen) atoms. The Balaban J connectivity index is 2.08. The van der Waals surface area contributed by atoms with Gasteiger partial charge in [-0.15, -0.1) is 5.10 Å². The van der Waals surface area contributed by atoms with Gasteiger partial charge in [0.25, 0.3) is 0 Å². The number of hydrogen-bond donors (Lipinski definition) is 1. The van der Waals surface area contributed by atoms with Crippen LogP contribution < -0.4 is 0 Å². The topological polar surface area (TPSA) is 68.0 Å². The molecule has 0 bridgehead atoms. The van der Waals surface area contributed by atoms with Gasteiger partial charge >= 0.3 is 5.97 Å². The Morgan fingerprint density at radius 3 is 2.58 bits per heavy atom. The number of carbonyl (C=O) groups is 1. The first-order chi connectivity index (χ1) is 11.5. The predicted molar refractivity (Wildman–Crippen MR) is 90.4 cm³/mol. The van der Waals surface area contributed by atoms with E-state index in [-0.39, 0.29) is 12.2 Å². The van der Waals surface area contributed by atoms with Crippen LogP contribution in [-0.4, -0.2) is 26.1 Å². The lowest BCUT2D eigenvalue weighted by Crippen LogP contribution is -2.07. The molecule has 0 saturated heterocycles. The average Bonchev–Trinajstić information content (AvgIpc) is 2.95. The molecule has 0 aliphatic carbocycles. The molecule has 0 saturated carbocycles. The lowest BCUT2D eigenvalue weighted by Gasteiger charge is -2.09. The second-order valence-corrected chi connectivity index (χ2v) is 6.27. The van der Waals surface area contributed by atoms with E-state index in [9.17, 15) is 14.3 Å². The molecule has 1 N–H and O–H groups in total. The van der Waals surface area contributed by atoms with Crippen LogP contribution in [0.25, 0.3) is 11.3 Å². The van der Waals surface area contributed by atoms with Gasteiger partial charge in [-0.1, -0.05) is 57.0 Å². The largest absolute Gasteiger partial charge is 0.476 e. The van der Waals surface area contributed by atoms with Crippen LogP contribution in [0.1, 0.15) is 21.6 Å². The summed E-state index contributed by atoms with van der Waals surface area (Å²) in [5, 5.41) is 17.0. The third kappa shape index (κ3) is 3.21. The highest BCUT2D eigenvalue weighted by atomic mass is 79.9. The predicted octanol–water partition coefficient (Wildman–Crippen LogP) is 3.90. The van der Waals surface area contributed by atoms with E-state index in [1.807, 2.05) is 19.1 Å². The molecule has 122 valence electrons. The molecule has 3 aromatic rings. The summed E-state index contributed by atoms with van der Waals surface area (Å²) in [6, 6.07) is 12.1. The summed E-state index contributed by atoms with van der Waals surface area (Å²) in [5.41, 5.74) is 2.31. The van der Waals surface area contributed by atoms with Crippen molar-refractivity contribution in [1.29, 1.82) is 0 Å². The van der Waals surface area contributed by atoms with E-state index in [0.717, 1.165) is 5.56 Å². The summed E-state index contributed by atoms with van der Waals surface area (Å²) >= 11 is 3.21. The van der Waals surface area contributed by atoms with Gasteiger partial charge in [0.2, 0.25) is 0 Å². The van der Waals surface area contributed by atoms with E-state index in [0.29, 0.717) is 21.3 Å². The van der Waals surface area contributed by atoms with Gasteiger partial charge in [-0.3, -0.25) is 0 Å². The van der Waals surface area contributed by atoms with Gasteiger partial charge in [0.1, 0.15) is 11.5 Å². The fourth-order valence-corrected chi connectivity index (χ4v) is 2.71. The Morgan fingerprint density at radius 2 is 1.96 bits per heavy atom. The Labute approximate surface area is 145 Å². The lowest BCUT2D eigenvalue weighted by molar-refractivity contribution is 0.0691. The van der Waals surface area contributed by atoms with E-state index < -0.39 is 11.8 Å². The summed E-state index contributed by atoms with van der Waals surface area (Å²) in [5.74, 6) is -1.57. The van der Waals surface area contributed by atoms with E-state index in [4.69, 9.17) is 0 Å². The Kier molecular flexibility index (Phi) is 4.44. The smallest absolute Gasteiger partial charge is 0.358 e. The zero-order valence-electron chi connectivity index (χ0n) is 12.7. The van der Waals surface area contributed by atoms with E-state index >= 15 is 0 Å². The van der Waals surface area contributed by atoms with E-state index in [2.05, 4.69) is 26.2 Å². The van der Waals surface area contributed by atoms with Crippen molar-refractivity contribution in [1.82, 2.24) is 15.0 Å². The van der Waals surface area contributed by atoms with Gasteiger partial charge in [-0.05, 0) is 19.1 Å². The molecule has 7 heteroatoms. The Bertz CT molecular complexity index is 907. The summed E-state index contributed by atoms with van der Waals surface area (Å²) in [6.45, 7) is 2.03. The van der Waals surface area contributed by atoms with Crippen molar-refractivity contribution in [2.75, 3.05) is 0 Å². The maximum absolute atomic E-state index is 14.1. The molecule has 1 aromatic heterocycles. The van der Waals surface area contributed by atoms with Crippen molar-refractivity contribution in [3.8, 4) is 11.3 Å². The zero-order chi connectivity index (χ0) is 17.3. The van der Waals surface area contributed by atoms with E-state index in [1.165, 1.54) is 10.7 Å². The highest BCUT2D eigenvalue weighted by Crippen LogP contribution is 2.25. The molecular formula is C17H13BrFN3O2. The summed E-state index contributed by atoms with van der Waals surface area (Å²) in [7, 11) is 0.